The quantitative estimate of drug-likeness (QED) is 0.566. The zero-order valence-corrected chi connectivity index (χ0v) is 12.6. The fourth-order valence-electron chi connectivity index (χ4n) is 1.52. The minimum Gasteiger partial charge on any atom is -0.396 e. The first-order valence-corrected chi connectivity index (χ1v) is 8.20. The van der Waals surface area contributed by atoms with Crippen LogP contribution in [-0.4, -0.2) is 34.9 Å². The maximum absolute atomic E-state index is 9.27. The summed E-state index contributed by atoms with van der Waals surface area (Å²) in [5.74, 6) is 1.43. The van der Waals surface area contributed by atoms with Crippen LogP contribution in [0, 0.1) is 22.7 Å². The van der Waals surface area contributed by atoms with E-state index in [0.717, 1.165) is 9.79 Å². The maximum Gasteiger partial charge on any atom is 0.102 e. The molecule has 0 aliphatic heterocycles. The van der Waals surface area contributed by atoms with E-state index in [-0.39, 0.29) is 13.2 Å². The highest BCUT2D eigenvalue weighted by Gasteiger charge is 2.13. The average Bonchev–Trinajstić information content (AvgIpc) is 2.48. The van der Waals surface area contributed by atoms with Crippen molar-refractivity contribution >= 4 is 23.5 Å². The SMILES string of the molecule is N#Cc1c(SCCCO)ccc(SCCCO)c1C#N. The predicted molar refractivity (Wildman–Crippen MR) is 80.7 cm³/mol. The second-order valence-electron chi connectivity index (χ2n) is 3.89. The van der Waals surface area contributed by atoms with Crippen LogP contribution in [0.15, 0.2) is 21.9 Å². The van der Waals surface area contributed by atoms with E-state index in [1.54, 1.807) is 0 Å². The lowest BCUT2D eigenvalue weighted by Crippen LogP contribution is -1.94. The molecule has 0 aliphatic carbocycles. The van der Waals surface area contributed by atoms with Crippen molar-refractivity contribution in [3.05, 3.63) is 23.3 Å². The summed E-state index contributed by atoms with van der Waals surface area (Å²) in [6.45, 7) is 0.240. The Balaban J connectivity index is 2.95. The molecule has 6 heteroatoms. The van der Waals surface area contributed by atoms with Crippen LogP contribution in [-0.2, 0) is 0 Å². The molecule has 0 saturated heterocycles. The van der Waals surface area contributed by atoms with Crippen LogP contribution in [0.25, 0.3) is 0 Å². The molecular formula is C14H16N2O2S2. The number of hydrogen-bond acceptors (Lipinski definition) is 6. The van der Waals surface area contributed by atoms with Crippen LogP contribution in [0.3, 0.4) is 0 Å². The van der Waals surface area contributed by atoms with Crippen molar-refractivity contribution in [1.29, 1.82) is 10.5 Å². The zero-order chi connectivity index (χ0) is 14.8. The van der Waals surface area contributed by atoms with Crippen molar-refractivity contribution in [2.24, 2.45) is 0 Å². The van der Waals surface area contributed by atoms with Crippen LogP contribution in [0.4, 0.5) is 0 Å². The standard InChI is InChI=1S/C14H16N2O2S2/c15-9-11-12(10-16)14(20-8-2-6-18)4-3-13(11)19-7-1-5-17/h3-4,17-18H,1-2,5-8H2. The highest BCUT2D eigenvalue weighted by Crippen LogP contribution is 2.32. The van der Waals surface area contributed by atoms with Gasteiger partial charge in [0.1, 0.15) is 12.1 Å². The summed E-state index contributed by atoms with van der Waals surface area (Å²) in [6, 6.07) is 7.91. The number of hydrogen-bond donors (Lipinski definition) is 2. The summed E-state index contributed by atoms with van der Waals surface area (Å²) < 4.78 is 0. The van der Waals surface area contributed by atoms with Gasteiger partial charge in [-0.1, -0.05) is 0 Å². The van der Waals surface area contributed by atoms with Crippen molar-refractivity contribution in [3.8, 4) is 12.1 Å². The van der Waals surface area contributed by atoms with Crippen LogP contribution >= 0.6 is 23.5 Å². The van der Waals surface area contributed by atoms with E-state index < -0.39 is 0 Å². The van der Waals surface area contributed by atoms with Crippen molar-refractivity contribution in [2.45, 2.75) is 22.6 Å². The number of rotatable bonds is 8. The minimum atomic E-state index is 0.120. The number of thioether (sulfide) groups is 2. The van der Waals surface area contributed by atoms with Crippen molar-refractivity contribution < 1.29 is 10.2 Å². The number of aliphatic hydroxyl groups is 2. The van der Waals surface area contributed by atoms with E-state index in [4.69, 9.17) is 10.2 Å². The zero-order valence-electron chi connectivity index (χ0n) is 11.0. The fourth-order valence-corrected chi connectivity index (χ4v) is 3.42. The van der Waals surface area contributed by atoms with E-state index in [9.17, 15) is 10.5 Å². The number of benzene rings is 1. The Hall–Kier alpha value is -1.18. The third kappa shape index (κ3) is 4.73. The third-order valence-corrected chi connectivity index (χ3v) is 4.76. The van der Waals surface area contributed by atoms with E-state index in [0.29, 0.717) is 35.5 Å². The summed E-state index contributed by atoms with van der Waals surface area (Å²) in [5, 5.41) is 36.1. The van der Waals surface area contributed by atoms with E-state index in [1.165, 1.54) is 23.5 Å². The van der Waals surface area contributed by atoms with Gasteiger partial charge in [-0.2, -0.15) is 10.5 Å². The Labute approximate surface area is 127 Å². The van der Waals surface area contributed by atoms with Gasteiger partial charge in [-0.15, -0.1) is 23.5 Å². The van der Waals surface area contributed by atoms with Gasteiger partial charge in [-0.05, 0) is 25.0 Å². The monoisotopic (exact) mass is 308 g/mol. The molecule has 0 bridgehead atoms. The number of nitrogens with zero attached hydrogens (tertiary/aromatic N) is 2. The van der Waals surface area contributed by atoms with Crippen molar-refractivity contribution in [2.75, 3.05) is 24.7 Å². The molecule has 20 heavy (non-hydrogen) atoms. The molecule has 0 fully saturated rings. The lowest BCUT2D eigenvalue weighted by molar-refractivity contribution is 0.296. The summed E-state index contributed by atoms with van der Waals surface area (Å²) >= 11 is 2.96. The number of aliphatic hydroxyl groups excluding tert-OH is 2. The van der Waals surface area contributed by atoms with Crippen LogP contribution in [0.2, 0.25) is 0 Å². The largest absolute Gasteiger partial charge is 0.396 e. The predicted octanol–water partition coefficient (Wildman–Crippen LogP) is 2.38. The lowest BCUT2D eigenvalue weighted by Gasteiger charge is -2.09. The van der Waals surface area contributed by atoms with Crippen LogP contribution < -0.4 is 0 Å². The molecule has 0 atom stereocenters. The lowest BCUT2D eigenvalue weighted by atomic mass is 10.1. The average molecular weight is 308 g/mol. The maximum atomic E-state index is 9.27. The summed E-state index contributed by atoms with van der Waals surface area (Å²) in [4.78, 5) is 1.56. The normalized spacial score (nSPS) is 10.0. The van der Waals surface area contributed by atoms with Gasteiger partial charge in [-0.25, -0.2) is 0 Å². The van der Waals surface area contributed by atoms with Gasteiger partial charge in [0.2, 0.25) is 0 Å². The molecule has 0 saturated carbocycles. The molecule has 0 aliphatic rings. The molecular weight excluding hydrogens is 292 g/mol. The molecule has 0 spiro atoms. The molecule has 0 aromatic heterocycles. The topological polar surface area (TPSA) is 88.0 Å². The van der Waals surface area contributed by atoms with Crippen LogP contribution in [0.5, 0.6) is 0 Å². The summed E-state index contributed by atoms with van der Waals surface area (Å²) in [6.07, 6.45) is 1.31. The Morgan fingerprint density at radius 2 is 1.25 bits per heavy atom. The minimum absolute atomic E-state index is 0.120. The van der Waals surface area contributed by atoms with E-state index in [1.807, 2.05) is 12.1 Å². The smallest absolute Gasteiger partial charge is 0.102 e. The summed E-state index contributed by atoms with van der Waals surface area (Å²) in [5.41, 5.74) is 0.814. The van der Waals surface area contributed by atoms with E-state index >= 15 is 0 Å². The molecule has 2 N–H and O–H groups in total. The van der Waals surface area contributed by atoms with Gasteiger partial charge >= 0.3 is 0 Å². The third-order valence-electron chi connectivity index (χ3n) is 2.47. The molecule has 4 nitrogen and oxygen atoms in total. The van der Waals surface area contributed by atoms with Crippen LogP contribution in [0.1, 0.15) is 24.0 Å². The van der Waals surface area contributed by atoms with E-state index in [2.05, 4.69) is 12.1 Å². The molecule has 0 radical (unpaired) electrons. The molecule has 0 amide bonds. The van der Waals surface area contributed by atoms with Crippen molar-refractivity contribution in [3.63, 3.8) is 0 Å². The first kappa shape index (κ1) is 16.9. The first-order valence-electron chi connectivity index (χ1n) is 6.23. The second kappa shape index (κ2) is 9.68. The first-order chi connectivity index (χ1) is 9.78. The highest BCUT2D eigenvalue weighted by molar-refractivity contribution is 7.99. The number of nitriles is 2. The van der Waals surface area contributed by atoms with Crippen molar-refractivity contribution in [1.82, 2.24) is 0 Å². The van der Waals surface area contributed by atoms with Gasteiger partial charge in [0.15, 0.2) is 0 Å². The fraction of sp³-hybridized carbons (Fsp3) is 0.429. The van der Waals surface area contributed by atoms with Gasteiger partial charge in [0.05, 0.1) is 11.1 Å². The Morgan fingerprint density at radius 3 is 1.55 bits per heavy atom. The molecule has 0 heterocycles. The summed E-state index contributed by atoms with van der Waals surface area (Å²) in [7, 11) is 0. The Kier molecular flexibility index (Phi) is 8.17. The van der Waals surface area contributed by atoms with Gasteiger partial charge < -0.3 is 10.2 Å². The molecule has 106 valence electrons. The Morgan fingerprint density at radius 1 is 0.850 bits per heavy atom. The van der Waals surface area contributed by atoms with Gasteiger partial charge in [0.25, 0.3) is 0 Å². The highest BCUT2D eigenvalue weighted by atomic mass is 32.2. The second-order valence-corrected chi connectivity index (χ2v) is 6.16. The van der Waals surface area contributed by atoms with Gasteiger partial charge in [0, 0.05) is 34.5 Å². The Bertz CT molecular complexity index is 474. The molecule has 1 aromatic rings. The molecule has 1 aromatic carbocycles. The molecule has 0 unspecified atom stereocenters. The van der Waals surface area contributed by atoms with Gasteiger partial charge in [-0.3, -0.25) is 0 Å². The molecule has 1 rings (SSSR count).